The summed E-state index contributed by atoms with van der Waals surface area (Å²) in [6.07, 6.45) is 9.40. The van der Waals surface area contributed by atoms with E-state index in [9.17, 15) is 4.79 Å². The molecule has 0 amide bonds. The van der Waals surface area contributed by atoms with Gasteiger partial charge >= 0.3 is 5.97 Å². The zero-order valence-corrected chi connectivity index (χ0v) is 10.6. The topological polar surface area (TPSA) is 42.4 Å². The van der Waals surface area contributed by atoms with Crippen molar-refractivity contribution in [3.05, 3.63) is 42.2 Å². The number of carbonyl (C=O) groups excluding carboxylic acids is 1. The summed E-state index contributed by atoms with van der Waals surface area (Å²) in [6.45, 7) is 1.83. The lowest BCUT2D eigenvalue weighted by molar-refractivity contribution is -0.134. The SMILES string of the molecule is COC(=O)/C=C/CN1CCC[C@H]1c1cccnc1. The van der Waals surface area contributed by atoms with Crippen molar-refractivity contribution in [3.63, 3.8) is 0 Å². The predicted octanol–water partition coefficient (Wildman–Crippen LogP) is 1.95. The van der Waals surface area contributed by atoms with Gasteiger partial charge in [0.2, 0.25) is 0 Å². The van der Waals surface area contributed by atoms with E-state index < -0.39 is 0 Å². The molecule has 0 aromatic carbocycles. The minimum Gasteiger partial charge on any atom is -0.466 e. The normalized spacial score (nSPS) is 20.4. The maximum atomic E-state index is 11.0. The van der Waals surface area contributed by atoms with E-state index in [1.54, 1.807) is 6.20 Å². The molecule has 0 bridgehead atoms. The summed E-state index contributed by atoms with van der Waals surface area (Å²) in [6, 6.07) is 4.50. The van der Waals surface area contributed by atoms with E-state index in [-0.39, 0.29) is 5.97 Å². The zero-order chi connectivity index (χ0) is 12.8. The first kappa shape index (κ1) is 12.8. The minimum atomic E-state index is -0.299. The molecule has 96 valence electrons. The number of likely N-dealkylation sites (tertiary alicyclic amines) is 1. The summed E-state index contributed by atoms with van der Waals surface area (Å²) in [7, 11) is 1.39. The van der Waals surface area contributed by atoms with Crippen molar-refractivity contribution in [3.8, 4) is 0 Å². The van der Waals surface area contributed by atoms with E-state index in [2.05, 4.69) is 20.7 Å². The Hall–Kier alpha value is -1.68. The van der Waals surface area contributed by atoms with Crippen LogP contribution in [0, 0.1) is 0 Å². The van der Waals surface area contributed by atoms with Crippen molar-refractivity contribution >= 4 is 5.97 Å². The Kier molecular flexibility index (Phi) is 4.47. The molecular formula is C14H18N2O2. The van der Waals surface area contributed by atoms with Crippen LogP contribution in [0.3, 0.4) is 0 Å². The summed E-state index contributed by atoms with van der Waals surface area (Å²) in [4.78, 5) is 17.5. The maximum absolute atomic E-state index is 11.0. The third kappa shape index (κ3) is 3.17. The van der Waals surface area contributed by atoms with Gasteiger partial charge in [-0.05, 0) is 31.0 Å². The van der Waals surface area contributed by atoms with Crippen LogP contribution in [0.2, 0.25) is 0 Å². The van der Waals surface area contributed by atoms with Gasteiger partial charge in [-0.1, -0.05) is 12.1 Å². The highest BCUT2D eigenvalue weighted by atomic mass is 16.5. The fraction of sp³-hybridized carbons (Fsp3) is 0.429. The molecule has 0 saturated carbocycles. The molecule has 0 unspecified atom stereocenters. The molecule has 0 spiro atoms. The minimum absolute atomic E-state index is 0.299. The molecule has 2 rings (SSSR count). The van der Waals surface area contributed by atoms with Crippen LogP contribution >= 0.6 is 0 Å². The second-order valence-electron chi connectivity index (χ2n) is 4.36. The van der Waals surface area contributed by atoms with Crippen molar-refractivity contribution in [1.29, 1.82) is 0 Å². The first-order valence-corrected chi connectivity index (χ1v) is 6.19. The van der Waals surface area contributed by atoms with Gasteiger partial charge < -0.3 is 4.74 Å². The van der Waals surface area contributed by atoms with Crippen molar-refractivity contribution in [2.45, 2.75) is 18.9 Å². The standard InChI is InChI=1S/C14H18N2O2/c1-18-14(17)7-4-10-16-9-3-6-13(16)12-5-2-8-15-11-12/h2,4-5,7-8,11,13H,3,6,9-10H2,1H3/b7-4+/t13-/m0/s1. The van der Waals surface area contributed by atoms with E-state index in [0.717, 1.165) is 19.5 Å². The molecule has 1 aliphatic heterocycles. The Balaban J connectivity index is 1.96. The Morgan fingerprint density at radius 3 is 3.28 bits per heavy atom. The number of carbonyl (C=O) groups is 1. The summed E-state index contributed by atoms with van der Waals surface area (Å²) in [5.74, 6) is -0.299. The lowest BCUT2D eigenvalue weighted by Gasteiger charge is -2.22. The molecule has 4 heteroatoms. The Bertz CT molecular complexity index is 417. The van der Waals surface area contributed by atoms with Crippen LogP contribution in [-0.4, -0.2) is 36.1 Å². The molecule has 0 radical (unpaired) electrons. The number of hydrogen-bond acceptors (Lipinski definition) is 4. The van der Waals surface area contributed by atoms with Gasteiger partial charge in [0, 0.05) is 31.1 Å². The fourth-order valence-electron chi connectivity index (χ4n) is 2.35. The molecule has 1 aliphatic rings. The van der Waals surface area contributed by atoms with E-state index in [1.165, 1.54) is 25.2 Å². The lowest BCUT2D eigenvalue weighted by atomic mass is 10.1. The summed E-state index contributed by atoms with van der Waals surface area (Å²) in [5.41, 5.74) is 1.25. The molecule has 2 heterocycles. The molecule has 0 N–H and O–H groups in total. The van der Waals surface area contributed by atoms with Crippen LogP contribution in [-0.2, 0) is 9.53 Å². The number of pyridine rings is 1. The van der Waals surface area contributed by atoms with Crippen LogP contribution in [0.4, 0.5) is 0 Å². The molecule has 1 saturated heterocycles. The van der Waals surface area contributed by atoms with Gasteiger partial charge in [-0.3, -0.25) is 9.88 Å². The third-order valence-electron chi connectivity index (χ3n) is 3.23. The lowest BCUT2D eigenvalue weighted by Crippen LogP contribution is -2.23. The van der Waals surface area contributed by atoms with Gasteiger partial charge in [0.05, 0.1) is 7.11 Å². The highest BCUT2D eigenvalue weighted by Crippen LogP contribution is 2.30. The third-order valence-corrected chi connectivity index (χ3v) is 3.23. The number of ether oxygens (including phenoxy) is 1. The van der Waals surface area contributed by atoms with Crippen molar-refractivity contribution in [1.82, 2.24) is 9.88 Å². The highest BCUT2D eigenvalue weighted by Gasteiger charge is 2.24. The average molecular weight is 246 g/mol. The maximum Gasteiger partial charge on any atom is 0.330 e. The summed E-state index contributed by atoms with van der Waals surface area (Å²) >= 11 is 0. The van der Waals surface area contributed by atoms with Crippen molar-refractivity contribution in [2.75, 3.05) is 20.2 Å². The second kappa shape index (κ2) is 6.31. The monoisotopic (exact) mass is 246 g/mol. The van der Waals surface area contributed by atoms with Crippen molar-refractivity contribution in [2.24, 2.45) is 0 Å². The molecule has 1 aromatic rings. The number of methoxy groups -OCH3 is 1. The first-order valence-electron chi connectivity index (χ1n) is 6.19. The number of aromatic nitrogens is 1. The van der Waals surface area contributed by atoms with Gasteiger partial charge in [0.15, 0.2) is 0 Å². The Morgan fingerprint density at radius 2 is 2.56 bits per heavy atom. The first-order chi connectivity index (χ1) is 8.81. The Morgan fingerprint density at radius 1 is 1.67 bits per heavy atom. The van der Waals surface area contributed by atoms with E-state index in [4.69, 9.17) is 0 Å². The smallest absolute Gasteiger partial charge is 0.330 e. The van der Waals surface area contributed by atoms with Gasteiger partial charge in [-0.25, -0.2) is 4.79 Å². The molecule has 1 aromatic heterocycles. The van der Waals surface area contributed by atoms with Gasteiger partial charge in [0.1, 0.15) is 0 Å². The quantitative estimate of drug-likeness (QED) is 0.601. The van der Waals surface area contributed by atoms with Crippen LogP contribution in [0.5, 0.6) is 0 Å². The van der Waals surface area contributed by atoms with Gasteiger partial charge in [0.25, 0.3) is 0 Å². The number of nitrogens with zero attached hydrogens (tertiary/aromatic N) is 2. The van der Waals surface area contributed by atoms with Gasteiger partial charge in [-0.15, -0.1) is 0 Å². The largest absolute Gasteiger partial charge is 0.466 e. The van der Waals surface area contributed by atoms with Crippen molar-refractivity contribution < 1.29 is 9.53 Å². The van der Waals surface area contributed by atoms with E-state index >= 15 is 0 Å². The molecule has 18 heavy (non-hydrogen) atoms. The highest BCUT2D eigenvalue weighted by molar-refractivity contribution is 5.81. The summed E-state index contributed by atoms with van der Waals surface area (Å²) in [5, 5.41) is 0. The second-order valence-corrected chi connectivity index (χ2v) is 4.36. The fourth-order valence-corrected chi connectivity index (χ4v) is 2.35. The van der Waals surface area contributed by atoms with Crippen LogP contribution in [0.25, 0.3) is 0 Å². The molecule has 1 fully saturated rings. The zero-order valence-electron chi connectivity index (χ0n) is 10.6. The van der Waals surface area contributed by atoms with Gasteiger partial charge in [-0.2, -0.15) is 0 Å². The number of hydrogen-bond donors (Lipinski definition) is 0. The molecule has 1 atom stereocenters. The number of esters is 1. The van der Waals surface area contributed by atoms with Crippen LogP contribution < -0.4 is 0 Å². The molecular weight excluding hydrogens is 228 g/mol. The molecule has 4 nitrogen and oxygen atoms in total. The van der Waals surface area contributed by atoms with Crippen LogP contribution in [0.1, 0.15) is 24.4 Å². The predicted molar refractivity (Wildman–Crippen MR) is 68.9 cm³/mol. The number of rotatable bonds is 4. The average Bonchev–Trinajstić information content (AvgIpc) is 2.88. The van der Waals surface area contributed by atoms with Crippen LogP contribution in [0.15, 0.2) is 36.7 Å². The van der Waals surface area contributed by atoms with E-state index in [1.807, 2.05) is 18.3 Å². The molecule has 0 aliphatic carbocycles. The Labute approximate surface area is 107 Å². The van der Waals surface area contributed by atoms with E-state index in [0.29, 0.717) is 6.04 Å². The summed E-state index contributed by atoms with van der Waals surface area (Å²) < 4.78 is 4.57.